The monoisotopic (exact) mass is 559 g/mol. The van der Waals surface area contributed by atoms with Crippen LogP contribution >= 0.6 is 0 Å². The van der Waals surface area contributed by atoms with Gasteiger partial charge in [0.25, 0.3) is 0 Å². The van der Waals surface area contributed by atoms with Crippen molar-refractivity contribution in [3.8, 4) is 0 Å². The molecule has 1 aliphatic carbocycles. The zero-order valence-corrected chi connectivity index (χ0v) is 22.0. The summed E-state index contributed by atoms with van der Waals surface area (Å²) in [7, 11) is 0. The molecule has 0 spiro atoms. The summed E-state index contributed by atoms with van der Waals surface area (Å²) in [6.45, 7) is 14.4. The fourth-order valence-corrected chi connectivity index (χ4v) is 3.87. The van der Waals surface area contributed by atoms with Crippen LogP contribution in [0.15, 0.2) is 84.9 Å². The SMILES string of the molecule is C[c-]1ccc2cc3c(cc21)CC(C)(C)C3.[CH2-]c1ccccc1.[CH2-]c1ccccc1.[Hf]. The molecule has 0 bridgehead atoms. The van der Waals surface area contributed by atoms with Gasteiger partial charge in [0, 0.05) is 25.8 Å². The fourth-order valence-electron chi connectivity index (χ4n) is 3.87. The van der Waals surface area contributed by atoms with E-state index < -0.39 is 0 Å². The van der Waals surface area contributed by atoms with Crippen molar-refractivity contribution in [1.29, 1.82) is 0 Å². The molecule has 0 unspecified atom stereocenters. The van der Waals surface area contributed by atoms with Crippen LogP contribution in [0.5, 0.6) is 0 Å². The smallest absolute Gasteiger partial charge is 0 e. The van der Waals surface area contributed by atoms with E-state index in [0.29, 0.717) is 5.41 Å². The molecular weight excluding hydrogens is 527 g/mol. The molecule has 0 heterocycles. The van der Waals surface area contributed by atoms with E-state index >= 15 is 0 Å². The quantitative estimate of drug-likeness (QED) is 0.153. The van der Waals surface area contributed by atoms with Crippen molar-refractivity contribution in [2.24, 2.45) is 5.41 Å². The first-order valence-corrected chi connectivity index (χ1v) is 10.3. The molecule has 0 aliphatic heterocycles. The summed E-state index contributed by atoms with van der Waals surface area (Å²) < 4.78 is 0. The molecular formula is C29H31Hf-3. The Balaban J connectivity index is 0.000000180. The second-order valence-corrected chi connectivity index (χ2v) is 8.71. The molecule has 0 N–H and O–H groups in total. The van der Waals surface area contributed by atoms with Crippen molar-refractivity contribution in [3.05, 3.63) is 127 Å². The molecule has 1 heteroatoms. The summed E-state index contributed by atoms with van der Waals surface area (Å²) in [4.78, 5) is 0. The van der Waals surface area contributed by atoms with Gasteiger partial charge < -0.3 is 0 Å². The standard InChI is InChI=1S/C15H17.2C7H7.Hf/c1-10-4-5-11-6-12-8-15(2,3)9-13(12)7-14(10)11;2*1-7-5-3-2-4-6-7;/h4-7H,8-9H2,1-3H3;2*2-6H,1H2;/q3*-1;. The van der Waals surface area contributed by atoms with Crippen molar-refractivity contribution >= 4 is 10.8 Å². The fraction of sp³-hybridized carbons (Fsp3) is 0.207. The van der Waals surface area contributed by atoms with Gasteiger partial charge in [-0.25, -0.2) is 0 Å². The van der Waals surface area contributed by atoms with Gasteiger partial charge in [-0.15, -0.1) is 52.7 Å². The molecule has 4 aromatic rings. The Morgan fingerprint density at radius 2 is 1.20 bits per heavy atom. The number of rotatable bonds is 0. The third-order valence-corrected chi connectivity index (χ3v) is 5.33. The maximum atomic E-state index is 3.72. The number of benzene rings is 3. The van der Waals surface area contributed by atoms with Crippen molar-refractivity contribution in [2.45, 2.75) is 33.6 Å². The Bertz CT molecular complexity index is 1000. The molecule has 0 atom stereocenters. The molecule has 0 radical (unpaired) electrons. The number of fused-ring (bicyclic) bond motifs is 2. The molecule has 0 amide bonds. The average Bonchev–Trinajstić information content (AvgIpc) is 3.19. The van der Waals surface area contributed by atoms with Crippen LogP contribution < -0.4 is 0 Å². The molecule has 154 valence electrons. The largest absolute Gasteiger partial charge is 0.199 e. The van der Waals surface area contributed by atoms with Crippen molar-refractivity contribution < 1.29 is 25.8 Å². The molecule has 0 aromatic heterocycles. The molecule has 5 rings (SSSR count). The number of hydrogen-bond acceptors (Lipinski definition) is 0. The van der Waals surface area contributed by atoms with Gasteiger partial charge >= 0.3 is 0 Å². The second-order valence-electron chi connectivity index (χ2n) is 8.71. The van der Waals surface area contributed by atoms with Gasteiger partial charge in [0.15, 0.2) is 0 Å². The van der Waals surface area contributed by atoms with Gasteiger partial charge in [-0.1, -0.05) is 44.0 Å². The third kappa shape index (κ3) is 6.71. The molecule has 0 nitrogen and oxygen atoms in total. The van der Waals surface area contributed by atoms with Crippen LogP contribution in [0.3, 0.4) is 0 Å². The first-order chi connectivity index (χ1) is 13.8. The minimum atomic E-state index is 0. The van der Waals surface area contributed by atoms with E-state index in [-0.39, 0.29) is 25.8 Å². The summed E-state index contributed by atoms with van der Waals surface area (Å²) in [5.41, 5.74) is 7.16. The molecule has 0 fully saturated rings. The van der Waals surface area contributed by atoms with Crippen LogP contribution in [-0.2, 0) is 38.7 Å². The van der Waals surface area contributed by atoms with Crippen molar-refractivity contribution in [1.82, 2.24) is 0 Å². The van der Waals surface area contributed by atoms with E-state index in [0.717, 1.165) is 11.1 Å². The summed E-state index contributed by atoms with van der Waals surface area (Å²) in [5.74, 6) is 0. The third-order valence-electron chi connectivity index (χ3n) is 5.33. The van der Waals surface area contributed by atoms with Gasteiger partial charge in [0.2, 0.25) is 0 Å². The Morgan fingerprint density at radius 1 is 0.733 bits per heavy atom. The van der Waals surface area contributed by atoms with Gasteiger partial charge in [-0.2, -0.15) is 61.4 Å². The number of aryl methyl sites for hydroxylation is 1. The van der Waals surface area contributed by atoms with Crippen molar-refractivity contribution in [2.75, 3.05) is 0 Å². The van der Waals surface area contributed by atoms with Gasteiger partial charge in [0.05, 0.1) is 0 Å². The van der Waals surface area contributed by atoms with E-state index in [4.69, 9.17) is 0 Å². The summed E-state index contributed by atoms with van der Waals surface area (Å²) >= 11 is 0. The normalized spacial score (nSPS) is 13.2. The number of hydrogen-bond donors (Lipinski definition) is 0. The van der Waals surface area contributed by atoms with Crippen LogP contribution in [0.1, 0.15) is 41.7 Å². The van der Waals surface area contributed by atoms with E-state index in [1.54, 1.807) is 11.1 Å². The van der Waals surface area contributed by atoms with Crippen LogP contribution in [0, 0.1) is 26.2 Å². The summed E-state index contributed by atoms with van der Waals surface area (Å²) in [6, 6.07) is 29.0. The summed E-state index contributed by atoms with van der Waals surface area (Å²) in [5, 5.41) is 2.87. The average molecular weight is 558 g/mol. The predicted octanol–water partition coefficient (Wildman–Crippen LogP) is 7.73. The zero-order chi connectivity index (χ0) is 20.9. The topological polar surface area (TPSA) is 0 Å². The minimum Gasteiger partial charge on any atom is -0.199 e. The molecule has 0 saturated carbocycles. The first kappa shape index (κ1) is 24.2. The van der Waals surface area contributed by atoms with Gasteiger partial charge in [-0.05, 0) is 18.3 Å². The van der Waals surface area contributed by atoms with E-state index in [1.807, 2.05) is 60.7 Å². The Hall–Kier alpha value is -2.12. The Kier molecular flexibility index (Phi) is 8.67. The van der Waals surface area contributed by atoms with Crippen LogP contribution in [0.2, 0.25) is 0 Å². The first-order valence-electron chi connectivity index (χ1n) is 10.3. The molecule has 1 aliphatic rings. The van der Waals surface area contributed by atoms with Crippen LogP contribution in [0.25, 0.3) is 10.8 Å². The van der Waals surface area contributed by atoms with Crippen LogP contribution in [0.4, 0.5) is 0 Å². The predicted molar refractivity (Wildman–Crippen MR) is 127 cm³/mol. The van der Waals surface area contributed by atoms with E-state index in [1.165, 1.54) is 29.2 Å². The van der Waals surface area contributed by atoms with Crippen molar-refractivity contribution in [3.63, 3.8) is 0 Å². The van der Waals surface area contributed by atoms with E-state index in [2.05, 4.69) is 58.9 Å². The molecule has 0 saturated heterocycles. The van der Waals surface area contributed by atoms with Gasteiger partial charge in [-0.3, -0.25) is 0 Å². The van der Waals surface area contributed by atoms with Crippen LogP contribution in [-0.4, -0.2) is 0 Å². The van der Waals surface area contributed by atoms with E-state index in [9.17, 15) is 0 Å². The molecule has 4 aromatic carbocycles. The van der Waals surface area contributed by atoms with Gasteiger partial charge in [0.1, 0.15) is 0 Å². The zero-order valence-electron chi connectivity index (χ0n) is 18.4. The minimum absolute atomic E-state index is 0. The Labute approximate surface area is 201 Å². The maximum absolute atomic E-state index is 3.72. The summed E-state index contributed by atoms with van der Waals surface area (Å²) in [6.07, 6.45) is 2.48. The Morgan fingerprint density at radius 3 is 1.63 bits per heavy atom. The maximum Gasteiger partial charge on any atom is 0 e. The molecule has 30 heavy (non-hydrogen) atoms. The second kappa shape index (κ2) is 10.8.